The normalized spacial score (nSPS) is 10.2. The molecule has 0 bridgehead atoms. The first-order chi connectivity index (χ1) is 17.2. The summed E-state index contributed by atoms with van der Waals surface area (Å²) in [7, 11) is 3.36. The first-order valence-corrected chi connectivity index (χ1v) is 11.2. The molecule has 0 aliphatic rings. The monoisotopic (exact) mass is 470 g/mol. The molecule has 0 amide bonds. The van der Waals surface area contributed by atoms with Gasteiger partial charge in [0.2, 0.25) is 0 Å². The molecule has 0 saturated heterocycles. The third kappa shape index (κ3) is 7.37. The smallest absolute Gasteiger partial charge is 0.528 e. The van der Waals surface area contributed by atoms with Gasteiger partial charge in [0.15, 0.2) is 0 Å². The Labute approximate surface area is 206 Å². The van der Waals surface area contributed by atoms with Gasteiger partial charge < -0.3 is 28.3 Å². The minimum absolute atomic E-state index is 0.0594. The van der Waals surface area contributed by atoms with Crippen LogP contribution in [-0.2, 0) is 13.2 Å². The molecule has 0 aromatic heterocycles. The van der Waals surface area contributed by atoms with Crippen molar-refractivity contribution in [1.29, 1.82) is 0 Å². The summed E-state index contributed by atoms with van der Waals surface area (Å²) in [6, 6.07) is 30.5. The second-order valence-corrected chi connectivity index (χ2v) is 7.63. The van der Waals surface area contributed by atoms with Crippen LogP contribution in [0.4, 0.5) is 0 Å². The molecule has 0 heterocycles. The van der Waals surface area contributed by atoms with Crippen LogP contribution >= 0.6 is 0 Å². The molecular weight excluding hydrogens is 443 g/mol. The molecule has 0 aliphatic carbocycles. The minimum atomic E-state index is 0.0594. The fraction of sp³-hybridized carbons (Fsp3) is 0.143. The van der Waals surface area contributed by atoms with Crippen molar-refractivity contribution in [3.05, 3.63) is 108 Å². The van der Waals surface area contributed by atoms with E-state index < -0.39 is 0 Å². The largest absolute Gasteiger partial charge is 0.576 e. The van der Waals surface area contributed by atoms with Crippen molar-refractivity contribution in [2.45, 2.75) is 13.2 Å². The molecule has 0 fully saturated rings. The summed E-state index contributed by atoms with van der Waals surface area (Å²) < 4.78 is 33.6. The summed E-state index contributed by atoms with van der Waals surface area (Å²) in [5.74, 6) is 4.38. The molecular formula is C28H27BO6. The third-order valence-corrected chi connectivity index (χ3v) is 5.19. The Kier molecular flexibility index (Phi) is 8.38. The van der Waals surface area contributed by atoms with E-state index in [1.54, 1.807) is 14.2 Å². The molecule has 178 valence electrons. The molecule has 0 aliphatic heterocycles. The quantitative estimate of drug-likeness (QED) is 0.252. The van der Waals surface area contributed by atoms with Crippen LogP contribution < -0.4 is 28.3 Å². The SMILES string of the molecule is COc1ccc(COc2cccc(OBOc3cccc(OCc4ccc(OC)cc4)c3)c2)cc1. The molecule has 0 unspecified atom stereocenters. The maximum atomic E-state index is 5.88. The predicted octanol–water partition coefficient (Wildman–Crippen LogP) is 5.59. The van der Waals surface area contributed by atoms with E-state index >= 15 is 0 Å². The first kappa shape index (κ1) is 23.9. The van der Waals surface area contributed by atoms with E-state index in [0.717, 1.165) is 22.6 Å². The highest BCUT2D eigenvalue weighted by Gasteiger charge is 2.05. The molecule has 0 saturated carbocycles. The van der Waals surface area contributed by atoms with Crippen LogP contribution in [0.15, 0.2) is 97.1 Å². The van der Waals surface area contributed by atoms with E-state index in [4.69, 9.17) is 28.3 Å². The Morgan fingerprint density at radius 3 is 1.29 bits per heavy atom. The Morgan fingerprint density at radius 1 is 0.486 bits per heavy atom. The Hall–Kier alpha value is -4.26. The number of ether oxygens (including phenoxy) is 4. The lowest BCUT2D eigenvalue weighted by molar-refractivity contribution is 0.304. The van der Waals surface area contributed by atoms with Crippen molar-refractivity contribution in [2.24, 2.45) is 0 Å². The van der Waals surface area contributed by atoms with Crippen molar-refractivity contribution in [2.75, 3.05) is 14.2 Å². The van der Waals surface area contributed by atoms with Gasteiger partial charge in [0.25, 0.3) is 0 Å². The lowest BCUT2D eigenvalue weighted by Crippen LogP contribution is -2.11. The average Bonchev–Trinajstić information content (AvgIpc) is 2.92. The van der Waals surface area contributed by atoms with Gasteiger partial charge in [-0.3, -0.25) is 0 Å². The molecule has 4 aromatic rings. The number of methoxy groups -OCH3 is 2. The van der Waals surface area contributed by atoms with Gasteiger partial charge >= 0.3 is 7.69 Å². The highest BCUT2D eigenvalue weighted by Crippen LogP contribution is 2.23. The molecule has 4 rings (SSSR count). The Morgan fingerprint density at radius 2 is 0.886 bits per heavy atom. The third-order valence-electron chi connectivity index (χ3n) is 5.19. The first-order valence-electron chi connectivity index (χ1n) is 11.2. The number of rotatable bonds is 12. The molecule has 6 nitrogen and oxygen atoms in total. The van der Waals surface area contributed by atoms with Crippen LogP contribution in [0.5, 0.6) is 34.5 Å². The zero-order valence-corrected chi connectivity index (χ0v) is 19.8. The van der Waals surface area contributed by atoms with Crippen LogP contribution in [0.2, 0.25) is 0 Å². The summed E-state index contributed by atoms with van der Waals surface area (Å²) >= 11 is 0. The van der Waals surface area contributed by atoms with Gasteiger partial charge in [-0.1, -0.05) is 36.4 Å². The van der Waals surface area contributed by atoms with Gasteiger partial charge in [0.05, 0.1) is 14.2 Å². The highest BCUT2D eigenvalue weighted by atomic mass is 16.6. The Bertz CT molecular complexity index is 1100. The second kappa shape index (κ2) is 12.3. The average molecular weight is 470 g/mol. The molecule has 7 heteroatoms. The van der Waals surface area contributed by atoms with Gasteiger partial charge in [0.1, 0.15) is 47.7 Å². The van der Waals surface area contributed by atoms with Crippen molar-refractivity contribution < 1.29 is 28.3 Å². The molecule has 0 radical (unpaired) electrons. The summed E-state index contributed by atoms with van der Waals surface area (Å²) in [6.45, 7) is 0.903. The van der Waals surface area contributed by atoms with Gasteiger partial charge in [-0.2, -0.15) is 0 Å². The fourth-order valence-corrected chi connectivity index (χ4v) is 3.25. The summed E-state index contributed by atoms with van der Waals surface area (Å²) in [4.78, 5) is 0. The highest BCUT2D eigenvalue weighted by molar-refractivity contribution is 6.20. The number of benzene rings is 4. The maximum absolute atomic E-state index is 5.88. The molecule has 35 heavy (non-hydrogen) atoms. The minimum Gasteiger partial charge on any atom is -0.528 e. The fourth-order valence-electron chi connectivity index (χ4n) is 3.25. The van der Waals surface area contributed by atoms with Crippen LogP contribution in [0.1, 0.15) is 11.1 Å². The number of hydrogen-bond acceptors (Lipinski definition) is 6. The van der Waals surface area contributed by atoms with Crippen LogP contribution in [0.3, 0.4) is 0 Å². The van der Waals surface area contributed by atoms with E-state index in [0.29, 0.717) is 36.2 Å². The van der Waals surface area contributed by atoms with Gasteiger partial charge in [-0.15, -0.1) is 0 Å². The van der Waals surface area contributed by atoms with Crippen molar-refractivity contribution >= 4 is 7.69 Å². The molecule has 0 spiro atoms. The van der Waals surface area contributed by atoms with Crippen molar-refractivity contribution in [3.8, 4) is 34.5 Å². The van der Waals surface area contributed by atoms with E-state index in [2.05, 4.69) is 0 Å². The molecule has 0 N–H and O–H groups in total. The Balaban J connectivity index is 1.24. The van der Waals surface area contributed by atoms with Crippen LogP contribution in [-0.4, -0.2) is 21.9 Å². The van der Waals surface area contributed by atoms with Gasteiger partial charge in [0, 0.05) is 12.1 Å². The molecule has 0 atom stereocenters. The lowest BCUT2D eigenvalue weighted by atomic mass is 10.2. The molecule has 4 aromatic carbocycles. The number of hydrogen-bond donors (Lipinski definition) is 0. The van der Waals surface area contributed by atoms with Crippen molar-refractivity contribution in [3.63, 3.8) is 0 Å². The summed E-state index contributed by atoms with van der Waals surface area (Å²) in [5, 5.41) is 0. The topological polar surface area (TPSA) is 55.4 Å². The predicted molar refractivity (Wildman–Crippen MR) is 136 cm³/mol. The lowest BCUT2D eigenvalue weighted by Gasteiger charge is -2.11. The van der Waals surface area contributed by atoms with Gasteiger partial charge in [-0.05, 0) is 59.7 Å². The second-order valence-electron chi connectivity index (χ2n) is 7.63. The maximum Gasteiger partial charge on any atom is 0.576 e. The van der Waals surface area contributed by atoms with Crippen molar-refractivity contribution in [1.82, 2.24) is 0 Å². The van der Waals surface area contributed by atoms with E-state index in [1.165, 1.54) is 0 Å². The summed E-state index contributed by atoms with van der Waals surface area (Å²) in [5.41, 5.74) is 2.10. The van der Waals surface area contributed by atoms with Crippen LogP contribution in [0, 0.1) is 0 Å². The zero-order valence-electron chi connectivity index (χ0n) is 19.8. The van der Waals surface area contributed by atoms with E-state index in [9.17, 15) is 0 Å². The standard InChI is InChI=1S/C28H27BO6/c1-30-23-13-9-21(10-14-23)19-32-25-5-3-7-27(17-25)34-29-35-28-8-4-6-26(18-28)33-20-22-11-15-24(31-2)16-12-22/h3-18,29H,19-20H2,1-2H3. The van der Waals surface area contributed by atoms with Gasteiger partial charge in [-0.25, -0.2) is 0 Å². The van der Waals surface area contributed by atoms with Crippen LogP contribution in [0.25, 0.3) is 0 Å². The van der Waals surface area contributed by atoms with E-state index in [-0.39, 0.29) is 7.69 Å². The zero-order chi connectivity index (χ0) is 24.3. The summed E-state index contributed by atoms with van der Waals surface area (Å²) in [6.07, 6.45) is 0. The van der Waals surface area contributed by atoms with E-state index in [1.807, 2.05) is 97.1 Å².